The number of halogens is 3. The molecule has 12 heteroatoms. The molecule has 1 aliphatic rings. The molecule has 1 fully saturated rings. The van der Waals surface area contributed by atoms with Gasteiger partial charge < -0.3 is 10.6 Å². The summed E-state index contributed by atoms with van der Waals surface area (Å²) in [7, 11) is 0. The van der Waals surface area contributed by atoms with Gasteiger partial charge in [0.25, 0.3) is 0 Å². The number of nitrogens with zero attached hydrogens (tertiary/aromatic N) is 6. The maximum absolute atomic E-state index is 12.3. The Labute approximate surface area is 274 Å². The SMILES string of the molecule is CC(C)CNc1cc(Cl)nn2c(-c3ccc(C(=O)CC4CC4)cc3)cnc12.CC(C)CNc1cc(Cl)nn2c(I)cnc12. The first kappa shape index (κ1) is 31.5. The zero-order valence-corrected chi connectivity index (χ0v) is 28.3. The molecule has 4 heterocycles. The van der Waals surface area contributed by atoms with E-state index in [0.29, 0.717) is 34.5 Å². The third-order valence-electron chi connectivity index (χ3n) is 6.91. The van der Waals surface area contributed by atoms with Gasteiger partial charge >= 0.3 is 0 Å². The van der Waals surface area contributed by atoms with Crippen LogP contribution in [0.2, 0.25) is 10.3 Å². The predicted molar refractivity (Wildman–Crippen MR) is 182 cm³/mol. The van der Waals surface area contributed by atoms with Gasteiger partial charge in [-0.3, -0.25) is 4.79 Å². The third-order valence-corrected chi connectivity index (χ3v) is 8.01. The van der Waals surface area contributed by atoms with Gasteiger partial charge in [0, 0.05) is 42.8 Å². The largest absolute Gasteiger partial charge is 0.382 e. The Balaban J connectivity index is 0.000000196. The maximum Gasteiger partial charge on any atom is 0.178 e. The normalized spacial score (nSPS) is 13.0. The van der Waals surface area contributed by atoms with Crippen molar-refractivity contribution in [2.24, 2.45) is 17.8 Å². The van der Waals surface area contributed by atoms with Crippen molar-refractivity contribution in [3.63, 3.8) is 0 Å². The Morgan fingerprint density at radius 2 is 1.42 bits per heavy atom. The van der Waals surface area contributed by atoms with Gasteiger partial charge in [-0.1, -0.05) is 75.2 Å². The van der Waals surface area contributed by atoms with E-state index in [1.165, 1.54) is 12.8 Å². The minimum absolute atomic E-state index is 0.225. The lowest BCUT2D eigenvalue weighted by Gasteiger charge is -2.11. The average Bonchev–Trinajstić information content (AvgIpc) is 3.56. The summed E-state index contributed by atoms with van der Waals surface area (Å²) >= 11 is 14.4. The zero-order chi connectivity index (χ0) is 30.7. The van der Waals surface area contributed by atoms with E-state index in [-0.39, 0.29) is 5.78 Å². The van der Waals surface area contributed by atoms with Crippen LogP contribution in [0.25, 0.3) is 22.6 Å². The van der Waals surface area contributed by atoms with Gasteiger partial charge in [-0.2, -0.15) is 10.2 Å². The Kier molecular flexibility index (Phi) is 10.1. The fraction of sp³-hybridized carbons (Fsp3) is 0.387. The number of Topliss-reactive ketones (excluding diaryl/α,β-unsaturated/α-hetero) is 1. The van der Waals surface area contributed by atoms with Gasteiger partial charge in [0.15, 0.2) is 27.4 Å². The molecule has 0 aliphatic heterocycles. The van der Waals surface area contributed by atoms with E-state index in [2.05, 4.69) is 81.1 Å². The fourth-order valence-corrected chi connectivity index (χ4v) is 5.31. The first-order valence-electron chi connectivity index (χ1n) is 14.4. The Hall–Kier alpha value is -2.96. The van der Waals surface area contributed by atoms with Crippen LogP contribution in [0, 0.1) is 21.5 Å². The van der Waals surface area contributed by atoms with Crippen LogP contribution < -0.4 is 10.6 Å². The molecule has 6 rings (SSSR count). The van der Waals surface area contributed by atoms with E-state index < -0.39 is 0 Å². The standard InChI is InChI=1S/C21H23ClN4O.C10H12ClIN4/c1-13(2)11-23-17-10-20(22)25-26-18(12-24-21(17)26)15-5-7-16(8-6-15)19(27)9-14-3-4-14;1-6(2)4-13-7-3-8(11)15-16-9(12)5-14-10(7)16/h5-8,10,12-14,23H,3-4,9,11H2,1-2H3;3,5-6,13H,4H2,1-2H3. The Bertz CT molecular complexity index is 1730. The van der Waals surface area contributed by atoms with E-state index in [1.807, 2.05) is 30.3 Å². The second kappa shape index (κ2) is 13.8. The van der Waals surface area contributed by atoms with Crippen molar-refractivity contribution >= 4 is 74.2 Å². The predicted octanol–water partition coefficient (Wildman–Crippen LogP) is 8.16. The molecule has 0 atom stereocenters. The molecule has 5 aromatic rings. The second-order valence-corrected chi connectivity index (χ2v) is 13.5. The van der Waals surface area contributed by atoms with Gasteiger partial charge in [-0.25, -0.2) is 19.0 Å². The van der Waals surface area contributed by atoms with Crippen molar-refractivity contribution in [1.82, 2.24) is 29.2 Å². The number of nitrogens with one attached hydrogen (secondary N) is 2. The zero-order valence-electron chi connectivity index (χ0n) is 24.6. The average molecular weight is 733 g/mol. The highest BCUT2D eigenvalue weighted by atomic mass is 127. The number of carbonyl (C=O) groups excluding carboxylic acids is 1. The van der Waals surface area contributed by atoms with Gasteiger partial charge in [-0.05, 0) is 53.2 Å². The number of hydrogen-bond donors (Lipinski definition) is 2. The molecule has 1 aliphatic carbocycles. The molecule has 0 spiro atoms. The van der Waals surface area contributed by atoms with E-state index >= 15 is 0 Å². The summed E-state index contributed by atoms with van der Waals surface area (Å²) in [5, 5.41) is 16.2. The molecule has 1 aromatic carbocycles. The molecule has 9 nitrogen and oxygen atoms in total. The highest BCUT2D eigenvalue weighted by Gasteiger charge is 2.25. The molecular weight excluding hydrogens is 698 g/mol. The lowest BCUT2D eigenvalue weighted by molar-refractivity contribution is 0.0976. The van der Waals surface area contributed by atoms with Gasteiger partial charge in [0.05, 0.1) is 29.5 Å². The number of carbonyl (C=O) groups is 1. The quantitative estimate of drug-likeness (QED) is 0.110. The summed E-state index contributed by atoms with van der Waals surface area (Å²) in [5.41, 5.74) is 5.92. The van der Waals surface area contributed by atoms with E-state index in [1.54, 1.807) is 27.5 Å². The molecular formula is C31H35Cl2IN8O. The summed E-state index contributed by atoms with van der Waals surface area (Å²) in [6, 6.07) is 11.3. The second-order valence-electron chi connectivity index (χ2n) is 11.7. The first-order valence-corrected chi connectivity index (χ1v) is 16.3. The highest BCUT2D eigenvalue weighted by Crippen LogP contribution is 2.34. The number of anilines is 2. The van der Waals surface area contributed by atoms with Crippen molar-refractivity contribution < 1.29 is 4.79 Å². The van der Waals surface area contributed by atoms with E-state index in [9.17, 15) is 4.79 Å². The topological polar surface area (TPSA) is 102 Å². The molecule has 1 saturated carbocycles. The lowest BCUT2D eigenvalue weighted by atomic mass is 10.0. The number of fused-ring (bicyclic) bond motifs is 2. The van der Waals surface area contributed by atoms with Crippen LogP contribution >= 0.6 is 45.8 Å². The minimum Gasteiger partial charge on any atom is -0.382 e. The molecule has 43 heavy (non-hydrogen) atoms. The van der Waals surface area contributed by atoms with Crippen LogP contribution in [0.15, 0.2) is 48.8 Å². The van der Waals surface area contributed by atoms with E-state index in [0.717, 1.165) is 56.3 Å². The number of rotatable bonds is 10. The van der Waals surface area contributed by atoms with Crippen LogP contribution in [0.5, 0.6) is 0 Å². The van der Waals surface area contributed by atoms with Crippen molar-refractivity contribution in [2.75, 3.05) is 23.7 Å². The molecule has 0 radical (unpaired) electrons. The van der Waals surface area contributed by atoms with Crippen LogP contribution in [-0.2, 0) is 0 Å². The molecule has 0 bridgehead atoms. The van der Waals surface area contributed by atoms with Gasteiger partial charge in [0.1, 0.15) is 3.70 Å². The highest BCUT2D eigenvalue weighted by molar-refractivity contribution is 14.1. The fourth-order valence-electron chi connectivity index (χ4n) is 4.46. The first-order chi connectivity index (χ1) is 20.6. The Morgan fingerprint density at radius 1 is 0.884 bits per heavy atom. The lowest BCUT2D eigenvalue weighted by Crippen LogP contribution is -2.10. The number of aromatic nitrogens is 6. The van der Waals surface area contributed by atoms with Crippen LogP contribution in [0.3, 0.4) is 0 Å². The molecule has 226 valence electrons. The summed E-state index contributed by atoms with van der Waals surface area (Å²) in [5.74, 6) is 1.90. The van der Waals surface area contributed by atoms with Gasteiger partial charge in [-0.15, -0.1) is 0 Å². The van der Waals surface area contributed by atoms with E-state index in [4.69, 9.17) is 23.2 Å². The molecule has 0 saturated heterocycles. The van der Waals surface area contributed by atoms with Crippen molar-refractivity contribution in [2.45, 2.75) is 47.0 Å². The summed E-state index contributed by atoms with van der Waals surface area (Å²) in [6.45, 7) is 10.3. The smallest absolute Gasteiger partial charge is 0.178 e. The molecule has 4 aromatic heterocycles. The molecule has 2 N–H and O–H groups in total. The number of ketones is 1. The Morgan fingerprint density at radius 3 is 1.98 bits per heavy atom. The summed E-state index contributed by atoms with van der Waals surface area (Å²) in [6.07, 6.45) is 6.60. The van der Waals surface area contributed by atoms with Crippen LogP contribution in [0.4, 0.5) is 11.4 Å². The number of benzene rings is 1. The molecule has 0 unspecified atom stereocenters. The monoisotopic (exact) mass is 732 g/mol. The van der Waals surface area contributed by atoms with Crippen molar-refractivity contribution in [1.29, 1.82) is 0 Å². The maximum atomic E-state index is 12.3. The van der Waals surface area contributed by atoms with Crippen LogP contribution in [-0.4, -0.2) is 48.1 Å². The third kappa shape index (κ3) is 7.96. The summed E-state index contributed by atoms with van der Waals surface area (Å²) in [4.78, 5) is 21.1. The molecule has 0 amide bonds. The van der Waals surface area contributed by atoms with Gasteiger partial charge in [0.2, 0.25) is 0 Å². The number of imidazole rings is 2. The van der Waals surface area contributed by atoms with Crippen molar-refractivity contribution in [3.05, 3.63) is 68.4 Å². The van der Waals surface area contributed by atoms with Crippen LogP contribution in [0.1, 0.15) is 57.3 Å². The number of hydrogen-bond acceptors (Lipinski definition) is 7. The minimum atomic E-state index is 0.225. The summed E-state index contributed by atoms with van der Waals surface area (Å²) < 4.78 is 4.44. The van der Waals surface area contributed by atoms with Crippen molar-refractivity contribution in [3.8, 4) is 11.3 Å².